The average Bonchev–Trinajstić information content (AvgIpc) is 3.27. The van der Waals surface area contributed by atoms with E-state index in [9.17, 15) is 0 Å². The molecular formula is C56H36. The van der Waals surface area contributed by atoms with Gasteiger partial charge in [0.15, 0.2) is 0 Å². The molecule has 0 aromatic heterocycles. The first-order chi connectivity index (χ1) is 27.7. The maximum Gasteiger partial charge on any atom is -0.00262 e. The molecule has 0 nitrogen and oxygen atoms in total. The van der Waals surface area contributed by atoms with Crippen LogP contribution in [0.1, 0.15) is 0 Å². The Balaban J connectivity index is 0.986. The second-order valence-electron chi connectivity index (χ2n) is 14.9. The van der Waals surface area contributed by atoms with E-state index < -0.39 is 0 Å². The maximum atomic E-state index is 2.38. The van der Waals surface area contributed by atoms with Crippen molar-refractivity contribution in [1.82, 2.24) is 0 Å². The molecule has 0 heterocycles. The van der Waals surface area contributed by atoms with Crippen molar-refractivity contribution in [2.75, 3.05) is 0 Å². The molecule has 0 amide bonds. The lowest BCUT2D eigenvalue weighted by atomic mass is 9.85. The van der Waals surface area contributed by atoms with Crippen molar-refractivity contribution in [1.29, 1.82) is 0 Å². The first kappa shape index (κ1) is 32.2. The second-order valence-corrected chi connectivity index (χ2v) is 14.9. The van der Waals surface area contributed by atoms with E-state index in [0.717, 1.165) is 0 Å². The summed E-state index contributed by atoms with van der Waals surface area (Å²) in [6.07, 6.45) is 0. The molecule has 11 aromatic carbocycles. The van der Waals surface area contributed by atoms with Gasteiger partial charge in [0, 0.05) is 0 Å². The van der Waals surface area contributed by atoms with E-state index in [0.29, 0.717) is 0 Å². The van der Waals surface area contributed by atoms with Crippen molar-refractivity contribution in [3.8, 4) is 55.6 Å². The molecule has 0 N–H and O–H groups in total. The van der Waals surface area contributed by atoms with Crippen LogP contribution in [0.4, 0.5) is 0 Å². The largest absolute Gasteiger partial charge is 0.0616 e. The van der Waals surface area contributed by atoms with Crippen LogP contribution in [-0.4, -0.2) is 0 Å². The maximum absolute atomic E-state index is 2.38. The van der Waals surface area contributed by atoms with Crippen molar-refractivity contribution in [2.45, 2.75) is 0 Å². The fourth-order valence-corrected chi connectivity index (χ4v) is 8.75. The van der Waals surface area contributed by atoms with Gasteiger partial charge < -0.3 is 0 Å². The summed E-state index contributed by atoms with van der Waals surface area (Å²) in [5.74, 6) is 0. The van der Waals surface area contributed by atoms with Gasteiger partial charge in [-0.3, -0.25) is 0 Å². The molecule has 0 fully saturated rings. The highest BCUT2D eigenvalue weighted by Gasteiger charge is 2.17. The van der Waals surface area contributed by atoms with E-state index in [4.69, 9.17) is 0 Å². The number of benzene rings is 11. The third-order valence-corrected chi connectivity index (χ3v) is 11.6. The topological polar surface area (TPSA) is 0 Å². The highest BCUT2D eigenvalue weighted by Crippen LogP contribution is 2.44. The van der Waals surface area contributed by atoms with E-state index >= 15 is 0 Å². The third-order valence-electron chi connectivity index (χ3n) is 11.6. The number of hydrogen-bond acceptors (Lipinski definition) is 0. The van der Waals surface area contributed by atoms with Crippen LogP contribution in [0.2, 0.25) is 0 Å². The minimum atomic E-state index is 1.22. The summed E-state index contributed by atoms with van der Waals surface area (Å²) < 4.78 is 0. The predicted molar refractivity (Wildman–Crippen MR) is 241 cm³/mol. The number of hydrogen-bond donors (Lipinski definition) is 0. The van der Waals surface area contributed by atoms with Gasteiger partial charge in [0.25, 0.3) is 0 Å². The quantitative estimate of drug-likeness (QED) is 0.156. The van der Waals surface area contributed by atoms with E-state index in [2.05, 4.69) is 218 Å². The number of fused-ring (bicyclic) bond motifs is 5. The Kier molecular flexibility index (Phi) is 7.60. The first-order valence-electron chi connectivity index (χ1n) is 19.4. The van der Waals surface area contributed by atoms with Crippen molar-refractivity contribution in [3.63, 3.8) is 0 Å². The van der Waals surface area contributed by atoms with Gasteiger partial charge in [-0.25, -0.2) is 0 Å². The SMILES string of the molecule is c1ccc2cc(-c3ccc(-c4ccc5ccc(-c6c7ccccc7c(-c7ccc(-c8ccc9ccccc9c8)cc7)c7ccccc67)cc5c4)cc3)ccc2c1. The van der Waals surface area contributed by atoms with Crippen LogP contribution >= 0.6 is 0 Å². The molecule has 0 aliphatic carbocycles. The fourth-order valence-electron chi connectivity index (χ4n) is 8.75. The molecule has 0 saturated heterocycles. The van der Waals surface area contributed by atoms with Gasteiger partial charge in [0.2, 0.25) is 0 Å². The van der Waals surface area contributed by atoms with E-state index in [1.165, 1.54) is 109 Å². The summed E-state index contributed by atoms with van der Waals surface area (Å²) >= 11 is 0. The van der Waals surface area contributed by atoms with Gasteiger partial charge in [-0.15, -0.1) is 0 Å². The predicted octanol–water partition coefficient (Wildman–Crippen LogP) is 15.8. The van der Waals surface area contributed by atoms with Crippen molar-refractivity contribution < 1.29 is 0 Å². The summed E-state index contributed by atoms with van der Waals surface area (Å²) in [5.41, 5.74) is 12.4. The Bertz CT molecular complexity index is 3220. The Morgan fingerprint density at radius 1 is 0.161 bits per heavy atom. The zero-order chi connectivity index (χ0) is 37.0. The summed E-state index contributed by atoms with van der Waals surface area (Å²) in [7, 11) is 0. The molecule has 0 unspecified atom stereocenters. The van der Waals surface area contributed by atoms with Crippen LogP contribution < -0.4 is 0 Å². The minimum absolute atomic E-state index is 1.22. The highest BCUT2D eigenvalue weighted by molar-refractivity contribution is 6.21. The molecule has 0 aliphatic heterocycles. The van der Waals surface area contributed by atoms with Crippen LogP contribution in [0, 0.1) is 0 Å². The molecule has 0 bridgehead atoms. The van der Waals surface area contributed by atoms with Gasteiger partial charge in [-0.2, -0.15) is 0 Å². The lowest BCUT2D eigenvalue weighted by Gasteiger charge is -2.18. The molecule has 0 aliphatic rings. The van der Waals surface area contributed by atoms with Crippen LogP contribution in [0.25, 0.3) is 109 Å². The Morgan fingerprint density at radius 2 is 0.429 bits per heavy atom. The molecule has 0 saturated carbocycles. The first-order valence-corrected chi connectivity index (χ1v) is 19.4. The van der Waals surface area contributed by atoms with Crippen molar-refractivity contribution in [2.24, 2.45) is 0 Å². The monoisotopic (exact) mass is 708 g/mol. The van der Waals surface area contributed by atoms with Gasteiger partial charge in [-0.05, 0) is 134 Å². The molecule has 0 radical (unpaired) electrons. The summed E-state index contributed by atoms with van der Waals surface area (Å²) in [6, 6.07) is 80.4. The van der Waals surface area contributed by atoms with Crippen LogP contribution in [0.3, 0.4) is 0 Å². The number of rotatable bonds is 5. The Hall–Kier alpha value is -7.28. The van der Waals surface area contributed by atoms with Gasteiger partial charge in [-0.1, -0.05) is 194 Å². The summed E-state index contributed by atoms with van der Waals surface area (Å²) in [6.45, 7) is 0. The van der Waals surface area contributed by atoms with E-state index in [1.54, 1.807) is 0 Å². The fraction of sp³-hybridized carbons (Fsp3) is 0. The summed E-state index contributed by atoms with van der Waals surface area (Å²) in [5, 5.41) is 12.6. The molecule has 0 spiro atoms. The molecule has 0 atom stereocenters. The zero-order valence-electron chi connectivity index (χ0n) is 30.8. The average molecular weight is 709 g/mol. The molecular weight excluding hydrogens is 673 g/mol. The normalized spacial score (nSPS) is 11.6. The van der Waals surface area contributed by atoms with E-state index in [1.807, 2.05) is 0 Å². The van der Waals surface area contributed by atoms with Gasteiger partial charge >= 0.3 is 0 Å². The van der Waals surface area contributed by atoms with Gasteiger partial charge in [0.05, 0.1) is 0 Å². The van der Waals surface area contributed by atoms with E-state index in [-0.39, 0.29) is 0 Å². The van der Waals surface area contributed by atoms with Crippen molar-refractivity contribution in [3.05, 3.63) is 218 Å². The Morgan fingerprint density at radius 3 is 0.857 bits per heavy atom. The summed E-state index contributed by atoms with van der Waals surface area (Å²) in [4.78, 5) is 0. The lowest BCUT2D eigenvalue weighted by Crippen LogP contribution is -1.91. The third kappa shape index (κ3) is 5.54. The second kappa shape index (κ2) is 13.2. The van der Waals surface area contributed by atoms with Crippen LogP contribution in [0.15, 0.2) is 218 Å². The Labute approximate surface area is 326 Å². The lowest BCUT2D eigenvalue weighted by molar-refractivity contribution is 1.61. The molecule has 11 aromatic rings. The highest BCUT2D eigenvalue weighted by atomic mass is 14.2. The zero-order valence-corrected chi connectivity index (χ0v) is 30.8. The smallest absolute Gasteiger partial charge is 0.00262 e. The molecule has 260 valence electrons. The van der Waals surface area contributed by atoms with Crippen LogP contribution in [0.5, 0.6) is 0 Å². The van der Waals surface area contributed by atoms with Crippen molar-refractivity contribution >= 4 is 53.9 Å². The standard InChI is InChI=1S/C56H36/c1-3-11-44-33-46(29-23-37(44)9-1)39-17-19-40(20-18-39)48-31-25-42-26-32-49(36-50(42)35-48)56-53-15-7-5-13-51(53)55(52-14-6-8-16-54(52)56)43-27-21-41(22-28-43)47-30-24-38-10-2-4-12-45(38)34-47/h1-36H. The molecule has 56 heavy (non-hydrogen) atoms. The van der Waals surface area contributed by atoms with Gasteiger partial charge in [0.1, 0.15) is 0 Å². The molecule has 11 rings (SSSR count). The minimum Gasteiger partial charge on any atom is -0.0616 e. The molecule has 0 heteroatoms. The van der Waals surface area contributed by atoms with Crippen LogP contribution in [-0.2, 0) is 0 Å².